The monoisotopic (exact) mass is 459 g/mol. The first-order valence-corrected chi connectivity index (χ1v) is 11.3. The number of thioether (sulfide) groups is 1. The molecule has 0 aromatic carbocycles. The summed E-state index contributed by atoms with van der Waals surface area (Å²) in [6, 6.07) is -0.247. The van der Waals surface area contributed by atoms with Gasteiger partial charge in [-0.3, -0.25) is 25.4 Å². The van der Waals surface area contributed by atoms with Crippen LogP contribution in [0.25, 0.3) is 0 Å². The molecule has 29 heavy (non-hydrogen) atoms. The lowest BCUT2D eigenvalue weighted by Gasteiger charge is -2.28. The van der Waals surface area contributed by atoms with Gasteiger partial charge in [0.1, 0.15) is 4.71 Å². The number of likely N-dealkylation sites (tertiary alicyclic amines) is 2. The normalized spacial score (nSPS) is 31.1. The lowest BCUT2D eigenvalue weighted by Crippen LogP contribution is -2.46. The van der Waals surface area contributed by atoms with Gasteiger partial charge >= 0.3 is 6.03 Å². The molecule has 0 aliphatic carbocycles. The molecule has 2 amide bonds. The Kier molecular flexibility index (Phi) is 7.35. The first-order chi connectivity index (χ1) is 13.8. The summed E-state index contributed by atoms with van der Waals surface area (Å²) in [6.45, 7) is 10.6. The molecule has 0 radical (unpaired) electrons. The Balaban J connectivity index is 1.85. The van der Waals surface area contributed by atoms with Crippen LogP contribution < -0.4 is 10.6 Å². The summed E-state index contributed by atoms with van der Waals surface area (Å²) in [6.07, 6.45) is 3.83. The van der Waals surface area contributed by atoms with Gasteiger partial charge in [-0.15, -0.1) is 11.6 Å². The van der Waals surface area contributed by atoms with E-state index < -0.39 is 6.35 Å². The molecule has 3 heterocycles. The van der Waals surface area contributed by atoms with Gasteiger partial charge in [0, 0.05) is 35.8 Å². The summed E-state index contributed by atoms with van der Waals surface area (Å²) in [5.41, 5.74) is 1.44. The first-order valence-electron chi connectivity index (χ1n) is 9.62. The average Bonchev–Trinajstić information content (AvgIpc) is 3.34. The first kappa shape index (κ1) is 22.7. The summed E-state index contributed by atoms with van der Waals surface area (Å²) in [5, 5.41) is 17.2. The fourth-order valence-electron chi connectivity index (χ4n) is 4.12. The van der Waals surface area contributed by atoms with Crippen molar-refractivity contribution in [3.05, 3.63) is 35.0 Å². The molecule has 3 N–H and O–H groups in total. The van der Waals surface area contributed by atoms with Gasteiger partial charge in [0.25, 0.3) is 0 Å². The third-order valence-corrected chi connectivity index (χ3v) is 6.74. The number of carbonyl (C=O) groups is 1. The smallest absolute Gasteiger partial charge is 0.327 e. The second-order valence-electron chi connectivity index (χ2n) is 7.30. The van der Waals surface area contributed by atoms with Crippen LogP contribution in [-0.2, 0) is 0 Å². The van der Waals surface area contributed by atoms with E-state index in [0.29, 0.717) is 42.9 Å². The Bertz CT molecular complexity index is 772. The zero-order valence-corrected chi connectivity index (χ0v) is 18.9. The van der Waals surface area contributed by atoms with E-state index in [1.54, 1.807) is 4.90 Å². The molecule has 160 valence electrons. The molecule has 0 aromatic rings. The van der Waals surface area contributed by atoms with Gasteiger partial charge in [-0.05, 0) is 31.5 Å². The van der Waals surface area contributed by atoms with Gasteiger partial charge < -0.3 is 5.11 Å². The molecular weight excluding hydrogens is 433 g/mol. The van der Waals surface area contributed by atoms with Gasteiger partial charge in [-0.1, -0.05) is 42.9 Å². The zero-order chi connectivity index (χ0) is 21.2. The molecule has 3 unspecified atom stereocenters. The number of aliphatic hydroxyl groups is 1. The number of rotatable bonds is 4. The second-order valence-corrected chi connectivity index (χ2v) is 9.76. The standard InChI is InChI=1S/C19H27Cl2N5O2S/c1-4-14-13(8-12(3)20)19(6-7-25(10-19)17(27)22-5-2)11-26(14)18(28)24-16-23-9-15(21)29-16/h4,8,15,17,22,27H,3,5-7,9-11H2,1-2H3,(H,23,24,28)/b13-8+,14-4+. The van der Waals surface area contributed by atoms with Crippen molar-refractivity contribution in [2.24, 2.45) is 10.4 Å². The number of aliphatic hydroxyl groups excluding tert-OH is 1. The Morgan fingerprint density at radius 3 is 2.90 bits per heavy atom. The average molecular weight is 460 g/mol. The number of carbonyl (C=O) groups excluding carboxylic acids is 1. The van der Waals surface area contributed by atoms with E-state index in [1.807, 2.05) is 30.9 Å². The van der Waals surface area contributed by atoms with Gasteiger partial charge in [-0.25, -0.2) is 4.79 Å². The van der Waals surface area contributed by atoms with Crippen molar-refractivity contribution in [3.8, 4) is 0 Å². The summed E-state index contributed by atoms with van der Waals surface area (Å²) >= 11 is 13.5. The van der Waals surface area contributed by atoms with E-state index in [0.717, 1.165) is 17.7 Å². The molecule has 10 heteroatoms. The number of hydrogen-bond acceptors (Lipinski definition) is 6. The predicted molar refractivity (Wildman–Crippen MR) is 120 cm³/mol. The Hall–Kier alpha value is -1.03. The second kappa shape index (κ2) is 9.41. The van der Waals surface area contributed by atoms with Crippen LogP contribution in [0.15, 0.2) is 40.0 Å². The fraction of sp³-hybridized carbons (Fsp3) is 0.579. The van der Waals surface area contributed by atoms with Crippen molar-refractivity contribution < 1.29 is 9.90 Å². The quantitative estimate of drug-likeness (QED) is 0.444. The largest absolute Gasteiger partial charge is 0.365 e. The van der Waals surface area contributed by atoms with Crippen LogP contribution in [0.2, 0.25) is 0 Å². The molecule has 2 fully saturated rings. The van der Waals surface area contributed by atoms with E-state index in [2.05, 4.69) is 22.2 Å². The minimum Gasteiger partial charge on any atom is -0.365 e. The summed E-state index contributed by atoms with van der Waals surface area (Å²) in [4.78, 5) is 21.0. The highest BCUT2D eigenvalue weighted by Gasteiger charge is 2.51. The minimum atomic E-state index is -0.721. The molecule has 2 saturated heterocycles. The maximum absolute atomic E-state index is 13.0. The maximum atomic E-state index is 13.0. The zero-order valence-electron chi connectivity index (χ0n) is 16.6. The van der Waals surface area contributed by atoms with Crippen molar-refractivity contribution in [3.63, 3.8) is 0 Å². The summed E-state index contributed by atoms with van der Waals surface area (Å²) in [7, 11) is 0. The van der Waals surface area contributed by atoms with E-state index >= 15 is 0 Å². The topological polar surface area (TPSA) is 80.2 Å². The molecule has 3 rings (SSSR count). The SMILES string of the molecule is C=C(Cl)/C=C1\C(=C/C)N(C(=O)NC2=NCC(Cl)S2)CC12CCN(C(O)NCC)C2. The van der Waals surface area contributed by atoms with Crippen LogP contribution in [0.1, 0.15) is 20.3 Å². The number of halogens is 2. The van der Waals surface area contributed by atoms with Gasteiger partial charge in [0.2, 0.25) is 0 Å². The number of hydrogen-bond donors (Lipinski definition) is 3. The molecule has 3 aliphatic rings. The third-order valence-electron chi connectivity index (χ3n) is 5.37. The van der Waals surface area contributed by atoms with Gasteiger partial charge in [-0.2, -0.15) is 0 Å². The number of aliphatic imine (C=N–C) groups is 1. The molecule has 1 spiro atoms. The van der Waals surface area contributed by atoms with Crippen molar-refractivity contribution in [1.82, 2.24) is 20.4 Å². The number of amides is 2. The molecule has 0 bridgehead atoms. The highest BCUT2D eigenvalue weighted by Crippen LogP contribution is 2.49. The minimum absolute atomic E-state index is 0.151. The Labute approximate surface area is 185 Å². The number of alkyl halides is 1. The van der Waals surface area contributed by atoms with Crippen LogP contribution >= 0.6 is 35.0 Å². The van der Waals surface area contributed by atoms with Crippen molar-refractivity contribution in [2.45, 2.75) is 31.3 Å². The molecule has 3 aliphatic heterocycles. The van der Waals surface area contributed by atoms with Gasteiger partial charge in [0.05, 0.1) is 6.54 Å². The van der Waals surface area contributed by atoms with Crippen molar-refractivity contribution in [2.75, 3.05) is 32.7 Å². The Morgan fingerprint density at radius 2 is 2.31 bits per heavy atom. The lowest BCUT2D eigenvalue weighted by atomic mass is 9.80. The number of urea groups is 1. The highest BCUT2D eigenvalue weighted by molar-refractivity contribution is 8.15. The number of amidine groups is 1. The number of nitrogens with one attached hydrogen (secondary N) is 2. The van der Waals surface area contributed by atoms with Crippen molar-refractivity contribution in [1.29, 1.82) is 0 Å². The third kappa shape index (κ3) is 4.84. The summed E-state index contributed by atoms with van der Waals surface area (Å²) < 4.78 is -0.151. The highest BCUT2D eigenvalue weighted by atomic mass is 35.5. The van der Waals surface area contributed by atoms with E-state index in [-0.39, 0.29) is 16.2 Å². The molecule has 0 saturated carbocycles. The van der Waals surface area contributed by atoms with Crippen LogP contribution in [0.3, 0.4) is 0 Å². The predicted octanol–water partition coefficient (Wildman–Crippen LogP) is 2.84. The number of nitrogens with zero attached hydrogens (tertiary/aromatic N) is 3. The molecule has 7 nitrogen and oxygen atoms in total. The van der Waals surface area contributed by atoms with Crippen LogP contribution in [-0.4, -0.2) is 69.9 Å². The maximum Gasteiger partial charge on any atom is 0.327 e. The van der Waals surface area contributed by atoms with Gasteiger partial charge in [0.15, 0.2) is 11.5 Å². The van der Waals surface area contributed by atoms with Crippen LogP contribution in [0.5, 0.6) is 0 Å². The molecule has 3 atom stereocenters. The van der Waals surface area contributed by atoms with Crippen molar-refractivity contribution >= 4 is 46.2 Å². The van der Waals surface area contributed by atoms with E-state index in [9.17, 15) is 9.90 Å². The van der Waals surface area contributed by atoms with Crippen LogP contribution in [0, 0.1) is 5.41 Å². The fourth-order valence-corrected chi connectivity index (χ4v) is 5.24. The molecule has 0 aromatic heterocycles. The number of allylic oxidation sites excluding steroid dienone is 4. The van der Waals surface area contributed by atoms with Crippen LogP contribution in [0.4, 0.5) is 4.79 Å². The van der Waals surface area contributed by atoms with E-state index in [4.69, 9.17) is 23.2 Å². The summed E-state index contributed by atoms with van der Waals surface area (Å²) in [5.74, 6) is 0. The molecular formula is C19H27Cl2N5O2S. The lowest BCUT2D eigenvalue weighted by molar-refractivity contribution is -0.0106. The van der Waals surface area contributed by atoms with E-state index in [1.165, 1.54) is 11.8 Å². The Morgan fingerprint density at radius 1 is 1.55 bits per heavy atom.